The van der Waals surface area contributed by atoms with Crippen LogP contribution in [0.5, 0.6) is 0 Å². The number of nitrogens with zero attached hydrogens (tertiary/aromatic N) is 3. The minimum Gasteiger partial charge on any atom is -0.368 e. The van der Waals surface area contributed by atoms with Gasteiger partial charge in [0.15, 0.2) is 0 Å². The summed E-state index contributed by atoms with van der Waals surface area (Å²) in [5.41, 5.74) is 5.47. The highest BCUT2D eigenvalue weighted by Crippen LogP contribution is 2.27. The Morgan fingerprint density at radius 1 is 1.32 bits per heavy atom. The van der Waals surface area contributed by atoms with E-state index in [1.807, 2.05) is 0 Å². The summed E-state index contributed by atoms with van der Waals surface area (Å²) in [5, 5.41) is 5.34. The average Bonchev–Trinajstić information content (AvgIpc) is 2.26. The molecule has 0 unspecified atom stereocenters. The molecule has 1 fully saturated rings. The second kappa shape index (κ2) is 5.16. The average molecular weight is 276 g/mol. The standard InChI is InChI=1S/C10H15F3N6/c1-5-16-8(14)19-9(17-5)18-6-2-3-15-7(4-6)10(11,12)13/h6-7,15H,2-4H2,1H3,(H3,14,16,17,18,19)/t6-,7+/m1/s1. The van der Waals surface area contributed by atoms with Crippen molar-refractivity contribution < 1.29 is 13.2 Å². The molecule has 0 saturated carbocycles. The van der Waals surface area contributed by atoms with Gasteiger partial charge in [-0.3, -0.25) is 0 Å². The Balaban J connectivity index is 2.02. The number of rotatable bonds is 2. The zero-order valence-electron chi connectivity index (χ0n) is 10.3. The minimum atomic E-state index is -4.24. The van der Waals surface area contributed by atoms with Crippen molar-refractivity contribution in [1.82, 2.24) is 20.3 Å². The largest absolute Gasteiger partial charge is 0.403 e. The monoisotopic (exact) mass is 276 g/mol. The van der Waals surface area contributed by atoms with Crippen LogP contribution in [-0.4, -0.2) is 39.8 Å². The number of aromatic nitrogens is 3. The molecule has 0 aliphatic carbocycles. The van der Waals surface area contributed by atoms with Gasteiger partial charge in [-0.15, -0.1) is 0 Å². The molecule has 2 heterocycles. The van der Waals surface area contributed by atoms with E-state index < -0.39 is 12.2 Å². The Morgan fingerprint density at radius 3 is 2.68 bits per heavy atom. The lowest BCUT2D eigenvalue weighted by Crippen LogP contribution is -2.50. The normalized spacial score (nSPS) is 24.2. The molecule has 1 aliphatic rings. The van der Waals surface area contributed by atoms with Crippen LogP contribution in [0.2, 0.25) is 0 Å². The third kappa shape index (κ3) is 3.66. The van der Waals surface area contributed by atoms with Gasteiger partial charge in [0, 0.05) is 6.04 Å². The van der Waals surface area contributed by atoms with Gasteiger partial charge < -0.3 is 16.4 Å². The lowest BCUT2D eigenvalue weighted by molar-refractivity contribution is -0.160. The van der Waals surface area contributed by atoms with Crippen molar-refractivity contribution in [2.75, 3.05) is 17.6 Å². The molecule has 9 heteroatoms. The third-order valence-electron chi connectivity index (χ3n) is 2.90. The predicted octanol–water partition coefficient (Wildman–Crippen LogP) is 0.857. The first kappa shape index (κ1) is 13.8. The van der Waals surface area contributed by atoms with Crippen LogP contribution in [0.3, 0.4) is 0 Å². The van der Waals surface area contributed by atoms with Crippen molar-refractivity contribution in [3.8, 4) is 0 Å². The maximum atomic E-state index is 12.6. The quantitative estimate of drug-likeness (QED) is 0.742. The van der Waals surface area contributed by atoms with Gasteiger partial charge in [-0.2, -0.15) is 28.1 Å². The minimum absolute atomic E-state index is 0.0521. The maximum absolute atomic E-state index is 12.6. The highest BCUT2D eigenvalue weighted by molar-refractivity contribution is 5.32. The predicted molar refractivity (Wildman–Crippen MR) is 63.5 cm³/mol. The van der Waals surface area contributed by atoms with Crippen LogP contribution < -0.4 is 16.4 Å². The van der Waals surface area contributed by atoms with Gasteiger partial charge in [-0.25, -0.2) is 0 Å². The van der Waals surface area contributed by atoms with Crippen LogP contribution >= 0.6 is 0 Å². The first-order chi connectivity index (χ1) is 8.84. The molecule has 0 bridgehead atoms. The highest BCUT2D eigenvalue weighted by Gasteiger charge is 2.42. The van der Waals surface area contributed by atoms with Crippen molar-refractivity contribution in [2.45, 2.75) is 38.0 Å². The SMILES string of the molecule is Cc1nc(N)nc(N[C@@H]2CCN[C@H](C(F)(F)F)C2)n1. The molecule has 2 atom stereocenters. The number of alkyl halides is 3. The fraction of sp³-hybridized carbons (Fsp3) is 0.700. The molecule has 0 spiro atoms. The van der Waals surface area contributed by atoms with Crippen molar-refractivity contribution in [3.63, 3.8) is 0 Å². The topological polar surface area (TPSA) is 88.8 Å². The van der Waals surface area contributed by atoms with Crippen molar-refractivity contribution in [2.24, 2.45) is 0 Å². The van der Waals surface area contributed by atoms with Crippen LogP contribution in [0.15, 0.2) is 0 Å². The molecular weight excluding hydrogens is 261 g/mol. The van der Waals surface area contributed by atoms with Crippen LogP contribution in [0.25, 0.3) is 0 Å². The molecule has 1 aromatic heterocycles. The van der Waals surface area contributed by atoms with E-state index in [4.69, 9.17) is 5.73 Å². The molecule has 0 amide bonds. The third-order valence-corrected chi connectivity index (χ3v) is 2.90. The number of hydrogen-bond acceptors (Lipinski definition) is 6. The molecule has 1 saturated heterocycles. The number of hydrogen-bond donors (Lipinski definition) is 3. The Labute approximate surface area is 108 Å². The Bertz CT molecular complexity index is 429. The van der Waals surface area contributed by atoms with Gasteiger partial charge in [-0.05, 0) is 26.3 Å². The lowest BCUT2D eigenvalue weighted by atomic mass is 9.99. The van der Waals surface area contributed by atoms with E-state index in [0.29, 0.717) is 18.8 Å². The van der Waals surface area contributed by atoms with Gasteiger partial charge in [0.2, 0.25) is 11.9 Å². The van der Waals surface area contributed by atoms with Crippen LogP contribution in [0, 0.1) is 6.92 Å². The summed E-state index contributed by atoms with van der Waals surface area (Å²) < 4.78 is 37.9. The Kier molecular flexibility index (Phi) is 3.74. The first-order valence-electron chi connectivity index (χ1n) is 5.89. The van der Waals surface area contributed by atoms with Crippen molar-refractivity contribution >= 4 is 11.9 Å². The summed E-state index contributed by atoms with van der Waals surface area (Å²) in [7, 11) is 0. The summed E-state index contributed by atoms with van der Waals surface area (Å²) in [6, 6.07) is -1.84. The van der Waals surface area contributed by atoms with Crippen molar-refractivity contribution in [3.05, 3.63) is 5.82 Å². The summed E-state index contributed by atoms with van der Waals surface area (Å²) in [6.45, 7) is 1.94. The van der Waals surface area contributed by atoms with E-state index >= 15 is 0 Å². The van der Waals surface area contributed by atoms with E-state index in [1.165, 1.54) is 0 Å². The fourth-order valence-corrected chi connectivity index (χ4v) is 2.05. The van der Waals surface area contributed by atoms with E-state index in [-0.39, 0.29) is 24.4 Å². The number of piperidine rings is 1. The van der Waals surface area contributed by atoms with Crippen LogP contribution in [-0.2, 0) is 0 Å². The van der Waals surface area contributed by atoms with Gasteiger partial charge in [-0.1, -0.05) is 0 Å². The Morgan fingerprint density at radius 2 is 2.05 bits per heavy atom. The molecule has 106 valence electrons. The van der Waals surface area contributed by atoms with E-state index in [2.05, 4.69) is 25.6 Å². The summed E-state index contributed by atoms with van der Waals surface area (Å²) >= 11 is 0. The van der Waals surface area contributed by atoms with Gasteiger partial charge in [0.1, 0.15) is 11.9 Å². The molecular formula is C10H15F3N6. The van der Waals surface area contributed by atoms with Gasteiger partial charge >= 0.3 is 6.18 Å². The second-order valence-electron chi connectivity index (χ2n) is 4.48. The Hall–Kier alpha value is -1.64. The number of aryl methyl sites for hydroxylation is 1. The molecule has 6 nitrogen and oxygen atoms in total. The molecule has 4 N–H and O–H groups in total. The number of halogens is 3. The van der Waals surface area contributed by atoms with Crippen molar-refractivity contribution in [1.29, 1.82) is 0 Å². The maximum Gasteiger partial charge on any atom is 0.403 e. The molecule has 0 radical (unpaired) electrons. The number of anilines is 2. The van der Waals surface area contributed by atoms with Crippen LogP contribution in [0.1, 0.15) is 18.7 Å². The summed E-state index contributed by atoms with van der Waals surface area (Å²) in [4.78, 5) is 11.7. The first-order valence-corrected chi connectivity index (χ1v) is 5.89. The second-order valence-corrected chi connectivity index (χ2v) is 4.48. The molecule has 2 rings (SSSR count). The number of nitrogens with two attached hydrogens (primary N) is 1. The summed E-state index contributed by atoms with van der Waals surface area (Å²) in [5.74, 6) is 0.699. The highest BCUT2D eigenvalue weighted by atomic mass is 19.4. The number of nitrogens with one attached hydrogen (secondary N) is 2. The summed E-state index contributed by atoms with van der Waals surface area (Å²) in [6.07, 6.45) is -3.74. The molecule has 1 aromatic rings. The fourth-order valence-electron chi connectivity index (χ4n) is 2.05. The van der Waals surface area contributed by atoms with Crippen LogP contribution in [0.4, 0.5) is 25.1 Å². The zero-order valence-corrected chi connectivity index (χ0v) is 10.3. The molecule has 19 heavy (non-hydrogen) atoms. The molecule has 0 aromatic carbocycles. The smallest absolute Gasteiger partial charge is 0.368 e. The number of nitrogen functional groups attached to an aromatic ring is 1. The van der Waals surface area contributed by atoms with E-state index in [1.54, 1.807) is 6.92 Å². The molecule has 1 aliphatic heterocycles. The van der Waals surface area contributed by atoms with E-state index in [9.17, 15) is 13.2 Å². The lowest BCUT2D eigenvalue weighted by Gasteiger charge is -2.32. The van der Waals surface area contributed by atoms with E-state index in [0.717, 1.165) is 0 Å². The van der Waals surface area contributed by atoms with Gasteiger partial charge in [0.25, 0.3) is 0 Å². The van der Waals surface area contributed by atoms with Gasteiger partial charge in [0.05, 0.1) is 0 Å². The zero-order chi connectivity index (χ0) is 14.0.